The topological polar surface area (TPSA) is 66.9 Å². The van der Waals surface area contributed by atoms with Crippen molar-refractivity contribution in [1.82, 2.24) is 9.97 Å². The number of carbonyl (C=O) groups excluding carboxylic acids is 1. The second-order valence-electron chi connectivity index (χ2n) is 5.50. The third-order valence-corrected chi connectivity index (χ3v) is 3.84. The molecule has 118 valence electrons. The first-order valence-electron chi connectivity index (χ1n) is 7.46. The van der Waals surface area contributed by atoms with Gasteiger partial charge in [0.15, 0.2) is 0 Å². The SMILES string of the molecule is O=C1Cc2ccc(-c3cnc(Nc4ccccc4F)nc3)cc2N1. The summed E-state index contributed by atoms with van der Waals surface area (Å²) in [6.07, 6.45) is 3.74. The lowest BCUT2D eigenvalue weighted by molar-refractivity contribution is -0.115. The van der Waals surface area contributed by atoms with Crippen molar-refractivity contribution in [2.75, 3.05) is 10.6 Å². The smallest absolute Gasteiger partial charge is 0.228 e. The summed E-state index contributed by atoms with van der Waals surface area (Å²) in [5, 5.41) is 5.67. The average Bonchev–Trinajstić information content (AvgIpc) is 2.97. The molecule has 0 unspecified atom stereocenters. The van der Waals surface area contributed by atoms with Gasteiger partial charge in [-0.3, -0.25) is 4.79 Å². The fourth-order valence-corrected chi connectivity index (χ4v) is 2.62. The molecule has 1 amide bonds. The maximum atomic E-state index is 13.6. The normalized spacial score (nSPS) is 12.6. The number of carbonyl (C=O) groups is 1. The maximum absolute atomic E-state index is 13.6. The van der Waals surface area contributed by atoms with Gasteiger partial charge in [0.1, 0.15) is 5.82 Å². The summed E-state index contributed by atoms with van der Waals surface area (Å²) in [6, 6.07) is 12.1. The van der Waals surface area contributed by atoms with Crippen LogP contribution in [0.2, 0.25) is 0 Å². The van der Waals surface area contributed by atoms with Crippen molar-refractivity contribution in [3.63, 3.8) is 0 Å². The number of hydrogen-bond acceptors (Lipinski definition) is 4. The molecule has 0 radical (unpaired) electrons. The number of fused-ring (bicyclic) bond motifs is 1. The van der Waals surface area contributed by atoms with Crippen LogP contribution in [-0.2, 0) is 11.2 Å². The van der Waals surface area contributed by atoms with Crippen molar-refractivity contribution in [2.45, 2.75) is 6.42 Å². The Balaban J connectivity index is 1.57. The number of aromatic nitrogens is 2. The van der Waals surface area contributed by atoms with Crippen LogP contribution in [0.1, 0.15) is 5.56 Å². The van der Waals surface area contributed by atoms with Gasteiger partial charge < -0.3 is 10.6 Å². The molecule has 5 nitrogen and oxygen atoms in total. The minimum atomic E-state index is -0.362. The number of benzene rings is 2. The monoisotopic (exact) mass is 320 g/mol. The molecule has 3 aromatic rings. The van der Waals surface area contributed by atoms with E-state index in [1.165, 1.54) is 6.07 Å². The van der Waals surface area contributed by atoms with E-state index in [0.29, 0.717) is 18.1 Å². The summed E-state index contributed by atoms with van der Waals surface area (Å²) in [6.45, 7) is 0. The van der Waals surface area contributed by atoms with Gasteiger partial charge in [-0.15, -0.1) is 0 Å². The number of nitrogens with one attached hydrogen (secondary N) is 2. The average molecular weight is 320 g/mol. The standard InChI is InChI=1S/C18H13FN4O/c19-14-3-1-2-4-15(14)23-18-20-9-13(10-21-18)11-5-6-12-8-17(24)22-16(12)7-11/h1-7,9-10H,8H2,(H,22,24)(H,20,21,23). The van der Waals surface area contributed by atoms with Crippen LogP contribution in [0.25, 0.3) is 11.1 Å². The van der Waals surface area contributed by atoms with Gasteiger partial charge in [-0.25, -0.2) is 14.4 Å². The number of hydrogen-bond donors (Lipinski definition) is 2. The van der Waals surface area contributed by atoms with Crippen molar-refractivity contribution in [3.8, 4) is 11.1 Å². The Morgan fingerprint density at radius 1 is 1.04 bits per heavy atom. The van der Waals surface area contributed by atoms with Crippen molar-refractivity contribution >= 4 is 23.2 Å². The van der Waals surface area contributed by atoms with Crippen molar-refractivity contribution in [1.29, 1.82) is 0 Å². The van der Waals surface area contributed by atoms with Gasteiger partial charge in [-0.1, -0.05) is 24.3 Å². The van der Waals surface area contributed by atoms with Crippen molar-refractivity contribution < 1.29 is 9.18 Å². The summed E-state index contributed by atoms with van der Waals surface area (Å²) in [4.78, 5) is 19.9. The van der Waals surface area contributed by atoms with Crippen LogP contribution < -0.4 is 10.6 Å². The van der Waals surface area contributed by atoms with Crippen LogP contribution in [0.3, 0.4) is 0 Å². The van der Waals surface area contributed by atoms with E-state index in [2.05, 4.69) is 20.6 Å². The van der Waals surface area contributed by atoms with E-state index in [9.17, 15) is 9.18 Å². The third-order valence-electron chi connectivity index (χ3n) is 3.84. The number of anilines is 3. The summed E-state index contributed by atoms with van der Waals surface area (Å²) < 4.78 is 13.6. The fourth-order valence-electron chi connectivity index (χ4n) is 2.62. The molecule has 0 saturated carbocycles. The molecule has 0 spiro atoms. The van der Waals surface area contributed by atoms with E-state index >= 15 is 0 Å². The van der Waals surface area contributed by atoms with E-state index in [4.69, 9.17) is 0 Å². The molecule has 24 heavy (non-hydrogen) atoms. The molecular formula is C18H13FN4O. The minimum absolute atomic E-state index is 0.00263. The lowest BCUT2D eigenvalue weighted by atomic mass is 10.1. The Morgan fingerprint density at radius 2 is 1.83 bits per heavy atom. The molecule has 1 aromatic heterocycles. The van der Waals surface area contributed by atoms with E-state index in [1.54, 1.807) is 30.6 Å². The first-order valence-corrected chi connectivity index (χ1v) is 7.46. The predicted octanol–water partition coefficient (Wildman–Crippen LogP) is 3.52. The Kier molecular flexibility index (Phi) is 3.42. The van der Waals surface area contributed by atoms with E-state index in [1.807, 2.05) is 18.2 Å². The highest BCUT2D eigenvalue weighted by Crippen LogP contribution is 2.29. The van der Waals surface area contributed by atoms with Gasteiger partial charge in [-0.2, -0.15) is 0 Å². The summed E-state index contributed by atoms with van der Waals surface area (Å²) in [7, 11) is 0. The molecule has 2 aromatic carbocycles. The number of rotatable bonds is 3. The fraction of sp³-hybridized carbons (Fsp3) is 0.0556. The van der Waals surface area contributed by atoms with Gasteiger partial charge in [0.05, 0.1) is 12.1 Å². The summed E-state index contributed by atoms with van der Waals surface area (Å²) in [5.41, 5.74) is 3.87. The van der Waals surface area contributed by atoms with Gasteiger partial charge in [0.25, 0.3) is 0 Å². The second kappa shape index (κ2) is 5.73. The predicted molar refractivity (Wildman–Crippen MR) is 89.5 cm³/mol. The lowest BCUT2D eigenvalue weighted by Gasteiger charge is -2.07. The minimum Gasteiger partial charge on any atom is -0.326 e. The quantitative estimate of drug-likeness (QED) is 0.775. The third kappa shape index (κ3) is 2.69. The lowest BCUT2D eigenvalue weighted by Crippen LogP contribution is -2.03. The zero-order valence-corrected chi connectivity index (χ0v) is 12.6. The zero-order chi connectivity index (χ0) is 16.5. The van der Waals surface area contributed by atoms with Gasteiger partial charge >= 0.3 is 0 Å². The molecule has 1 aliphatic rings. The van der Waals surface area contributed by atoms with Crippen molar-refractivity contribution in [3.05, 3.63) is 66.2 Å². The molecule has 2 heterocycles. The summed E-state index contributed by atoms with van der Waals surface area (Å²) in [5.74, 6) is -0.0410. The number of nitrogens with zero attached hydrogens (tertiary/aromatic N) is 2. The Morgan fingerprint density at radius 3 is 2.62 bits per heavy atom. The van der Waals surface area contributed by atoms with Gasteiger partial charge in [-0.05, 0) is 29.3 Å². The molecule has 0 atom stereocenters. The van der Waals surface area contributed by atoms with Crippen LogP contribution in [0.15, 0.2) is 54.9 Å². The van der Waals surface area contributed by atoms with Crippen molar-refractivity contribution in [2.24, 2.45) is 0 Å². The molecule has 1 aliphatic heterocycles. The second-order valence-corrected chi connectivity index (χ2v) is 5.50. The Bertz CT molecular complexity index is 925. The number of halogens is 1. The molecule has 4 rings (SSSR count). The Hall–Kier alpha value is -3.28. The highest BCUT2D eigenvalue weighted by Gasteiger charge is 2.17. The molecule has 0 saturated heterocycles. The van der Waals surface area contributed by atoms with Gasteiger partial charge in [0.2, 0.25) is 11.9 Å². The Labute approximate surface area is 137 Å². The molecule has 0 bridgehead atoms. The van der Waals surface area contributed by atoms with E-state index in [-0.39, 0.29) is 11.7 Å². The highest BCUT2D eigenvalue weighted by molar-refractivity contribution is 5.99. The van der Waals surface area contributed by atoms with Crippen LogP contribution in [0.4, 0.5) is 21.7 Å². The first kappa shape index (κ1) is 14.3. The van der Waals surface area contributed by atoms with E-state index in [0.717, 1.165) is 22.4 Å². The van der Waals surface area contributed by atoms with Crippen LogP contribution in [0.5, 0.6) is 0 Å². The molecule has 0 fully saturated rings. The van der Waals surface area contributed by atoms with Crippen LogP contribution in [-0.4, -0.2) is 15.9 Å². The van der Waals surface area contributed by atoms with Crippen LogP contribution >= 0.6 is 0 Å². The van der Waals surface area contributed by atoms with Crippen LogP contribution in [0, 0.1) is 5.82 Å². The highest BCUT2D eigenvalue weighted by atomic mass is 19.1. The maximum Gasteiger partial charge on any atom is 0.228 e. The number of para-hydroxylation sites is 1. The largest absolute Gasteiger partial charge is 0.326 e. The molecule has 6 heteroatoms. The number of amides is 1. The van der Waals surface area contributed by atoms with E-state index < -0.39 is 0 Å². The summed E-state index contributed by atoms with van der Waals surface area (Å²) >= 11 is 0. The zero-order valence-electron chi connectivity index (χ0n) is 12.6. The molecular weight excluding hydrogens is 307 g/mol. The first-order chi connectivity index (χ1) is 11.7. The molecule has 0 aliphatic carbocycles. The van der Waals surface area contributed by atoms with Gasteiger partial charge in [0, 0.05) is 23.6 Å². The molecule has 2 N–H and O–H groups in total.